The first kappa shape index (κ1) is 21.7. The Hall–Kier alpha value is -3.96. The van der Waals surface area contributed by atoms with Crippen LogP contribution >= 0.6 is 0 Å². The highest BCUT2D eigenvalue weighted by atomic mass is 19.1. The maximum absolute atomic E-state index is 13.8. The number of halogens is 1. The van der Waals surface area contributed by atoms with Crippen LogP contribution in [0, 0.1) is 5.82 Å². The van der Waals surface area contributed by atoms with Crippen molar-refractivity contribution in [3.8, 4) is 17.2 Å². The van der Waals surface area contributed by atoms with Crippen LogP contribution in [0.4, 0.5) is 4.39 Å². The molecule has 3 rings (SSSR count). The Kier molecular flexibility index (Phi) is 5.18. The number of aromatic nitrogens is 4. The van der Waals surface area contributed by atoms with Gasteiger partial charge >= 0.3 is 0 Å². The highest BCUT2D eigenvalue weighted by molar-refractivity contribution is 6.35. The molecule has 0 aliphatic heterocycles. The number of aromatic amines is 3. The van der Waals surface area contributed by atoms with Gasteiger partial charge in [-0.05, 0) is 11.5 Å². The molecule has 0 aliphatic rings. The molecule has 3 aromatic rings. The fourth-order valence-corrected chi connectivity index (χ4v) is 3.02. The van der Waals surface area contributed by atoms with E-state index in [-0.39, 0.29) is 11.2 Å². The van der Waals surface area contributed by atoms with Gasteiger partial charge in [0.2, 0.25) is 0 Å². The number of hydrogen-bond acceptors (Lipinski definition) is 7. The third kappa shape index (κ3) is 3.67. The highest BCUT2D eigenvalue weighted by Crippen LogP contribution is 2.36. The fourth-order valence-electron chi connectivity index (χ4n) is 3.02. The van der Waals surface area contributed by atoms with Crippen LogP contribution in [0.5, 0.6) is 17.2 Å². The van der Waals surface area contributed by atoms with Gasteiger partial charge in [0.1, 0.15) is 24.6 Å². The zero-order valence-corrected chi connectivity index (χ0v) is 17.1. The third-order valence-corrected chi connectivity index (χ3v) is 4.72. The smallest absolute Gasteiger partial charge is 0.276 e. The van der Waals surface area contributed by atoms with Crippen molar-refractivity contribution >= 4 is 25.1 Å². The molecular formula is C19H20BFN4O6. The predicted octanol–water partition coefficient (Wildman–Crippen LogP) is -1.86. The maximum atomic E-state index is 13.8. The molecule has 2 aromatic heterocycles. The molecule has 0 radical (unpaired) electrons. The number of aliphatic hydroxyl groups is 1. The van der Waals surface area contributed by atoms with Crippen molar-refractivity contribution in [3.05, 3.63) is 60.5 Å². The van der Waals surface area contributed by atoms with Crippen LogP contribution in [0.2, 0.25) is 0 Å². The van der Waals surface area contributed by atoms with Gasteiger partial charge < -0.3 is 35.4 Å². The number of H-pyrrole nitrogens is 3. The van der Waals surface area contributed by atoms with E-state index >= 15 is 0 Å². The largest absolute Gasteiger partial charge is 0.508 e. The summed E-state index contributed by atoms with van der Waals surface area (Å²) in [6.07, 6.45) is 2.21. The minimum atomic E-state index is -1.22. The van der Waals surface area contributed by atoms with E-state index in [9.17, 15) is 34.4 Å². The number of nitrogens with zero attached hydrogens (tertiary/aromatic N) is 1. The molecule has 0 saturated carbocycles. The second kappa shape index (κ2) is 7.38. The van der Waals surface area contributed by atoms with Gasteiger partial charge in [-0.3, -0.25) is 9.59 Å². The summed E-state index contributed by atoms with van der Waals surface area (Å²) >= 11 is 0. The second-order valence-corrected chi connectivity index (χ2v) is 7.96. The molecule has 0 spiro atoms. The number of rotatable bonds is 2. The molecule has 162 valence electrons. The summed E-state index contributed by atoms with van der Waals surface area (Å²) in [6, 6.07) is 0. The van der Waals surface area contributed by atoms with E-state index in [0.29, 0.717) is 5.69 Å². The van der Waals surface area contributed by atoms with Gasteiger partial charge in [0.05, 0.1) is 17.6 Å². The number of benzene rings is 1. The lowest BCUT2D eigenvalue weighted by Gasteiger charge is -2.17. The summed E-state index contributed by atoms with van der Waals surface area (Å²) in [4.78, 5) is 36.4. The molecule has 31 heavy (non-hydrogen) atoms. The van der Waals surface area contributed by atoms with Crippen molar-refractivity contribution in [2.45, 2.75) is 26.2 Å². The van der Waals surface area contributed by atoms with Gasteiger partial charge in [0, 0.05) is 5.41 Å². The zero-order valence-electron chi connectivity index (χ0n) is 17.1. The molecule has 7 N–H and O–H groups in total. The molecule has 10 nitrogen and oxygen atoms in total. The van der Waals surface area contributed by atoms with Gasteiger partial charge in [-0.1, -0.05) is 20.8 Å². The molecule has 0 atom stereocenters. The van der Waals surface area contributed by atoms with Crippen molar-refractivity contribution in [1.82, 2.24) is 19.9 Å². The number of aliphatic hydroxyl groups excluding tert-OH is 1. The molecule has 0 bridgehead atoms. The topological polar surface area (TPSA) is 175 Å². The first-order valence-corrected chi connectivity index (χ1v) is 9.09. The van der Waals surface area contributed by atoms with E-state index in [4.69, 9.17) is 0 Å². The van der Waals surface area contributed by atoms with E-state index in [0.717, 1.165) is 13.9 Å². The summed E-state index contributed by atoms with van der Waals surface area (Å²) in [6.45, 7) is 5.59. The average molecular weight is 430 g/mol. The highest BCUT2D eigenvalue weighted by Gasteiger charge is 2.24. The molecule has 1 aromatic carbocycles. The van der Waals surface area contributed by atoms with Crippen LogP contribution in [-0.2, 0) is 5.41 Å². The number of imidazole rings is 1. The van der Waals surface area contributed by atoms with Crippen molar-refractivity contribution in [2.75, 3.05) is 0 Å². The summed E-state index contributed by atoms with van der Waals surface area (Å²) in [5, 5.41) is 39.4. The SMILES string of the molecule is Bc1c(O)c(/C=c2\[nH]c(=O)/c(=C(\O)c3nc[nH]c3C(C)(C)C)[nH]c2=O)c(O)c(O)c1F. The second-order valence-electron chi connectivity index (χ2n) is 7.96. The van der Waals surface area contributed by atoms with Gasteiger partial charge in [-0.2, -0.15) is 0 Å². The normalized spacial score (nSPS) is 13.5. The maximum Gasteiger partial charge on any atom is 0.276 e. The first-order chi connectivity index (χ1) is 14.3. The van der Waals surface area contributed by atoms with Crippen molar-refractivity contribution in [2.24, 2.45) is 0 Å². The van der Waals surface area contributed by atoms with E-state index in [1.165, 1.54) is 6.33 Å². The average Bonchev–Trinajstić information content (AvgIpc) is 3.20. The molecule has 0 saturated heterocycles. The number of phenolic OH excluding ortho intramolecular Hbond substituents is 3. The van der Waals surface area contributed by atoms with E-state index in [1.54, 1.807) is 0 Å². The van der Waals surface area contributed by atoms with Crippen molar-refractivity contribution in [1.29, 1.82) is 0 Å². The first-order valence-electron chi connectivity index (χ1n) is 9.09. The van der Waals surface area contributed by atoms with Gasteiger partial charge in [-0.25, -0.2) is 9.37 Å². The van der Waals surface area contributed by atoms with Crippen LogP contribution in [0.1, 0.15) is 37.7 Å². The third-order valence-electron chi connectivity index (χ3n) is 4.72. The number of nitrogens with one attached hydrogen (secondary N) is 3. The molecule has 2 heterocycles. The molecule has 0 unspecified atom stereocenters. The minimum Gasteiger partial charge on any atom is -0.508 e. The summed E-state index contributed by atoms with van der Waals surface area (Å²) in [7, 11) is 1.15. The molecule has 0 aliphatic carbocycles. The van der Waals surface area contributed by atoms with Gasteiger partial charge in [0.25, 0.3) is 11.1 Å². The monoisotopic (exact) mass is 430 g/mol. The Morgan fingerprint density at radius 3 is 2.35 bits per heavy atom. The Morgan fingerprint density at radius 2 is 1.74 bits per heavy atom. The van der Waals surface area contributed by atoms with E-state index in [2.05, 4.69) is 19.9 Å². The predicted molar refractivity (Wildman–Crippen MR) is 112 cm³/mol. The van der Waals surface area contributed by atoms with Crippen LogP contribution in [0.3, 0.4) is 0 Å². The molecule has 0 fully saturated rings. The number of phenols is 3. The van der Waals surface area contributed by atoms with Gasteiger partial charge in [0.15, 0.2) is 28.4 Å². The lowest BCUT2D eigenvalue weighted by atomic mass is 9.90. The zero-order chi connectivity index (χ0) is 23.2. The Labute approximate surface area is 174 Å². The molecule has 0 amide bonds. The van der Waals surface area contributed by atoms with Crippen molar-refractivity contribution < 1.29 is 24.8 Å². The Balaban J connectivity index is 2.30. The Bertz CT molecular complexity index is 1400. The van der Waals surface area contributed by atoms with Crippen LogP contribution in [0.15, 0.2) is 15.9 Å². The van der Waals surface area contributed by atoms with Crippen LogP contribution in [-0.4, -0.2) is 48.2 Å². The molecular weight excluding hydrogens is 410 g/mol. The summed E-state index contributed by atoms with van der Waals surface area (Å²) in [5.41, 5.74) is -2.45. The quantitative estimate of drug-likeness (QED) is 0.142. The summed E-state index contributed by atoms with van der Waals surface area (Å²) in [5.74, 6) is -4.63. The number of aromatic hydroxyl groups is 3. The van der Waals surface area contributed by atoms with Gasteiger partial charge in [-0.15, -0.1) is 0 Å². The lowest BCUT2D eigenvalue weighted by Crippen LogP contribution is -2.48. The van der Waals surface area contributed by atoms with Crippen LogP contribution < -0.4 is 27.3 Å². The van der Waals surface area contributed by atoms with Crippen molar-refractivity contribution in [3.63, 3.8) is 0 Å². The molecule has 12 heteroatoms. The Morgan fingerprint density at radius 1 is 1.10 bits per heavy atom. The summed E-state index contributed by atoms with van der Waals surface area (Å²) < 4.78 is 13.8. The standard InChI is InChI=1S/C19H20BFN4O6/c1-19(2,3)16-10(22-5-23-16)15(29)11-18(31)24-7(17(30)25-11)4-6-12(26)8(20)9(21)14(28)13(6)27/h4-5,26-29H,20H2,1-3H3,(H,22,23)(H,24,31)(H,25,30)/b7-4-,15-11+. The lowest BCUT2D eigenvalue weighted by molar-refractivity contribution is 0.373. The fraction of sp³-hybridized carbons (Fsp3) is 0.211. The van der Waals surface area contributed by atoms with E-state index in [1.807, 2.05) is 20.8 Å². The minimum absolute atomic E-state index is 0.0831. The van der Waals surface area contributed by atoms with E-state index < -0.39 is 61.6 Å². The number of hydrogen-bond donors (Lipinski definition) is 7. The van der Waals surface area contributed by atoms with Crippen LogP contribution in [0.25, 0.3) is 11.8 Å².